The van der Waals surface area contributed by atoms with Gasteiger partial charge in [0.05, 0.1) is 45.3 Å². The molecule has 1 aliphatic carbocycles. The Bertz CT molecular complexity index is 3110. The number of aromatic nitrogens is 5. The molecule has 71 heavy (non-hydrogen) atoms. The molecule has 3 heterocycles. The number of nitrogens with zero attached hydrogens (tertiary/aromatic N) is 7. The lowest BCUT2D eigenvalue weighted by atomic mass is 9.93. The zero-order valence-electron chi connectivity index (χ0n) is 38.4. The first-order valence-corrected chi connectivity index (χ1v) is 25.3. The molecule has 2 N–H and O–H groups in total. The Hall–Kier alpha value is -5.54. The third-order valence-electron chi connectivity index (χ3n) is 12.0. The van der Waals surface area contributed by atoms with Crippen molar-refractivity contribution < 1.29 is 75.4 Å². The third kappa shape index (κ3) is 11.6. The van der Waals surface area contributed by atoms with Gasteiger partial charge in [-0.2, -0.15) is 49.6 Å². The lowest BCUT2D eigenvalue weighted by Crippen LogP contribution is -2.45. The number of fused-ring (bicyclic) bond motifs is 2. The van der Waals surface area contributed by atoms with Crippen molar-refractivity contribution in [2.24, 2.45) is 5.92 Å². The van der Waals surface area contributed by atoms with Crippen LogP contribution < -0.4 is 9.62 Å². The third-order valence-corrected chi connectivity index (χ3v) is 15.5. The van der Waals surface area contributed by atoms with Gasteiger partial charge in [0.2, 0.25) is 15.9 Å². The van der Waals surface area contributed by atoms with Crippen LogP contribution in [-0.2, 0) is 69.1 Å². The van der Waals surface area contributed by atoms with E-state index < -0.39 is 156 Å². The Morgan fingerprint density at radius 1 is 0.958 bits per heavy atom. The van der Waals surface area contributed by atoms with Crippen LogP contribution in [-0.4, -0.2) is 107 Å². The molecule has 0 radical (unpaired) electrons. The molecule has 3 amide bonds. The first kappa shape index (κ1) is 54.8. The Kier molecular flexibility index (Phi) is 15.0. The fraction of sp³-hybridized carbons (Fsp3) is 0.465. The molecular formula is C43H45ClF10N8O7S2. The van der Waals surface area contributed by atoms with Crippen molar-refractivity contribution in [1.82, 2.24) is 34.8 Å². The number of hydrogen-bond donors (Lipinski definition) is 2. The van der Waals surface area contributed by atoms with E-state index in [1.807, 2.05) is 0 Å². The molecule has 5 aromatic rings. The molecule has 0 spiro atoms. The van der Waals surface area contributed by atoms with Gasteiger partial charge in [0, 0.05) is 54.2 Å². The minimum Gasteiger partial charge on any atom is -0.395 e. The number of alkyl halides is 8. The van der Waals surface area contributed by atoms with Crippen LogP contribution in [0.3, 0.4) is 0 Å². The predicted molar refractivity (Wildman–Crippen MR) is 239 cm³/mol. The average Bonchev–Trinajstić information content (AvgIpc) is 3.84. The second-order valence-corrected chi connectivity index (χ2v) is 22.7. The fourth-order valence-corrected chi connectivity index (χ4v) is 9.67. The molecule has 0 unspecified atom stereocenters. The Morgan fingerprint density at radius 3 is 2.14 bits per heavy atom. The van der Waals surface area contributed by atoms with Crippen LogP contribution in [0, 0.1) is 17.6 Å². The highest BCUT2D eigenvalue weighted by Crippen LogP contribution is 2.50. The molecule has 0 aliphatic heterocycles. The van der Waals surface area contributed by atoms with Gasteiger partial charge in [0.25, 0.3) is 5.92 Å². The van der Waals surface area contributed by atoms with Gasteiger partial charge in [0.15, 0.2) is 21.3 Å². The highest BCUT2D eigenvalue weighted by atomic mass is 35.5. The van der Waals surface area contributed by atoms with Gasteiger partial charge < -0.3 is 15.3 Å². The number of amides is 3. The minimum absolute atomic E-state index is 0.0500. The largest absolute Gasteiger partial charge is 0.435 e. The van der Waals surface area contributed by atoms with Crippen LogP contribution in [0.5, 0.6) is 0 Å². The summed E-state index contributed by atoms with van der Waals surface area (Å²) >= 11 is 6.63. The molecule has 0 fully saturated rings. The number of nitrogens with one attached hydrogen (secondary N) is 1. The number of aliphatic hydroxyl groups excluding tert-OH is 1. The van der Waals surface area contributed by atoms with Gasteiger partial charge in [-0.25, -0.2) is 30.4 Å². The number of sulfonamides is 1. The van der Waals surface area contributed by atoms with E-state index in [0.29, 0.717) is 12.3 Å². The van der Waals surface area contributed by atoms with E-state index in [9.17, 15) is 66.7 Å². The first-order valence-electron chi connectivity index (χ1n) is 21.2. The number of pyridine rings is 1. The van der Waals surface area contributed by atoms with E-state index in [2.05, 4.69) is 20.5 Å². The Labute approximate surface area is 404 Å². The van der Waals surface area contributed by atoms with E-state index in [0.717, 1.165) is 49.4 Å². The number of carbonyl (C=O) groups excluding carboxylic acids is 2. The SMILES string of the molecule is C[C@@H]1Cc2c(C(F)(F)F)nn(CC(=O)N[C@@H](Cc3cc(F)cc(F)c3)c3nc(CCC(C)(C)S(C)(=O)=O)ccc3-c3ccc(Cl)c4c(N(C(=O)N(C)CCO)S(C)(=O)=O)nn(CC(F)(F)F)c34)c2C1(F)F. The molecule has 3 aromatic heterocycles. The van der Waals surface area contributed by atoms with Crippen molar-refractivity contribution in [2.75, 3.05) is 37.0 Å². The second-order valence-electron chi connectivity index (χ2n) is 17.8. The number of anilines is 1. The number of hydrogen-bond acceptors (Lipinski definition) is 10. The number of aliphatic hydroxyl groups is 1. The van der Waals surface area contributed by atoms with Gasteiger partial charge in [-0.05, 0) is 69.4 Å². The van der Waals surface area contributed by atoms with E-state index in [1.54, 1.807) is 0 Å². The Morgan fingerprint density at radius 2 is 1.58 bits per heavy atom. The number of halogens is 11. The van der Waals surface area contributed by atoms with Crippen LogP contribution in [0.1, 0.15) is 67.1 Å². The predicted octanol–water partition coefficient (Wildman–Crippen LogP) is 7.76. The number of rotatable bonds is 16. The van der Waals surface area contributed by atoms with Crippen LogP contribution >= 0.6 is 11.6 Å². The zero-order chi connectivity index (χ0) is 53.1. The first-order chi connectivity index (χ1) is 32.5. The summed E-state index contributed by atoms with van der Waals surface area (Å²) in [5.41, 5.74) is -5.41. The highest BCUT2D eigenvalue weighted by molar-refractivity contribution is 7.93. The number of carbonyl (C=O) groups is 2. The maximum atomic E-state index is 15.5. The summed E-state index contributed by atoms with van der Waals surface area (Å²) in [6.07, 6.45) is -10.5. The molecule has 0 saturated heterocycles. The van der Waals surface area contributed by atoms with Crippen molar-refractivity contribution in [3.05, 3.63) is 93.0 Å². The number of likely N-dealkylation sites (N-methyl/N-ethyl adjacent to an activating group) is 1. The number of aryl methyl sites for hydroxylation is 1. The summed E-state index contributed by atoms with van der Waals surface area (Å²) in [5, 5.41) is 18.2. The summed E-state index contributed by atoms with van der Waals surface area (Å²) in [7, 11) is -7.45. The lowest BCUT2D eigenvalue weighted by molar-refractivity contribution is -0.143. The van der Waals surface area contributed by atoms with E-state index in [1.165, 1.54) is 26.0 Å². The van der Waals surface area contributed by atoms with Crippen LogP contribution in [0.25, 0.3) is 22.0 Å². The monoisotopic (exact) mass is 1070 g/mol. The molecule has 0 saturated carbocycles. The standard InChI is InChI=1S/C43H45ClF10N8O7S2/c1-22-15-29-36(43(52,53)54)57-60(37(29)42(22,50)51)20-32(64)56-31(18-23-16-24(45)19-25(46)17-23)34-27(8-7-26(55-34)11-12-40(2,3)70(5,66)67)28-9-10-30(44)33-35(28)61(21-41(47,48)49)58-38(33)62(71(6,68)69)39(65)59(4)13-14-63/h7-10,16-17,19,22,31,63H,11-15,18,20-21H2,1-6H3,(H,56,64)/t22-,31+/m1/s1. The molecule has 28 heteroatoms. The van der Waals surface area contributed by atoms with E-state index >= 15 is 8.78 Å². The topological polar surface area (TPSA) is 190 Å². The maximum absolute atomic E-state index is 15.5. The smallest absolute Gasteiger partial charge is 0.395 e. The molecule has 2 atom stereocenters. The van der Waals surface area contributed by atoms with Gasteiger partial charge >= 0.3 is 18.4 Å². The van der Waals surface area contributed by atoms with E-state index in [4.69, 9.17) is 11.6 Å². The summed E-state index contributed by atoms with van der Waals surface area (Å²) in [5.74, 6) is -10.1. The van der Waals surface area contributed by atoms with Crippen molar-refractivity contribution in [3.63, 3.8) is 0 Å². The van der Waals surface area contributed by atoms with Gasteiger partial charge in [-0.15, -0.1) is 0 Å². The van der Waals surface area contributed by atoms with Crippen molar-refractivity contribution in [2.45, 2.75) is 88.6 Å². The minimum atomic E-state index is -5.23. The summed E-state index contributed by atoms with van der Waals surface area (Å²) in [4.78, 5) is 33.3. The summed E-state index contributed by atoms with van der Waals surface area (Å²) in [6, 6.07) is 3.82. The second kappa shape index (κ2) is 19.5. The van der Waals surface area contributed by atoms with Gasteiger partial charge in [-0.3, -0.25) is 19.1 Å². The molecule has 6 rings (SSSR count). The van der Waals surface area contributed by atoms with E-state index in [-0.39, 0.29) is 54.6 Å². The van der Waals surface area contributed by atoms with Crippen LogP contribution in [0.15, 0.2) is 42.5 Å². The molecule has 2 aromatic carbocycles. The van der Waals surface area contributed by atoms with Crippen molar-refractivity contribution in [1.29, 1.82) is 0 Å². The number of sulfone groups is 1. The quantitative estimate of drug-likeness (QED) is 0.0925. The summed E-state index contributed by atoms with van der Waals surface area (Å²) < 4.78 is 198. The van der Waals surface area contributed by atoms with Crippen molar-refractivity contribution in [3.8, 4) is 11.1 Å². The van der Waals surface area contributed by atoms with Crippen LogP contribution in [0.2, 0.25) is 5.02 Å². The molecule has 1 aliphatic rings. The number of urea groups is 1. The highest BCUT2D eigenvalue weighted by Gasteiger charge is 2.54. The van der Waals surface area contributed by atoms with Crippen molar-refractivity contribution >= 4 is 60.1 Å². The summed E-state index contributed by atoms with van der Waals surface area (Å²) in [6.45, 7) is -0.569. The fourth-order valence-electron chi connectivity index (χ4n) is 8.09. The maximum Gasteiger partial charge on any atom is 0.435 e. The molecule has 388 valence electrons. The zero-order valence-corrected chi connectivity index (χ0v) is 40.7. The molecule has 15 nitrogen and oxygen atoms in total. The average molecular weight is 1080 g/mol. The number of benzene rings is 2. The molecular weight excluding hydrogens is 1030 g/mol. The lowest BCUT2D eigenvalue weighted by Gasteiger charge is -2.25. The van der Waals surface area contributed by atoms with Crippen LogP contribution in [0.4, 0.5) is 54.5 Å². The Balaban J connectivity index is 1.64. The van der Waals surface area contributed by atoms with Gasteiger partial charge in [0.1, 0.15) is 30.4 Å². The normalized spacial score (nSPS) is 15.8. The van der Waals surface area contributed by atoms with Gasteiger partial charge in [-0.1, -0.05) is 30.7 Å². The molecule has 0 bridgehead atoms.